The fourth-order valence-electron chi connectivity index (χ4n) is 3.26. The van der Waals surface area contributed by atoms with Crippen molar-refractivity contribution < 1.29 is 9.32 Å². The van der Waals surface area contributed by atoms with Gasteiger partial charge in [-0.15, -0.1) is 0 Å². The first-order valence-electron chi connectivity index (χ1n) is 8.94. The highest BCUT2D eigenvalue weighted by atomic mass is 16.5. The second-order valence-electron chi connectivity index (χ2n) is 6.75. The van der Waals surface area contributed by atoms with E-state index in [4.69, 9.17) is 4.52 Å². The lowest BCUT2D eigenvalue weighted by molar-refractivity contribution is -0.117. The highest BCUT2D eigenvalue weighted by Gasteiger charge is 2.35. The summed E-state index contributed by atoms with van der Waals surface area (Å²) in [6.45, 7) is 4.73. The average molecular weight is 347 g/mol. The third-order valence-electron chi connectivity index (χ3n) is 4.88. The van der Waals surface area contributed by atoms with Crippen molar-refractivity contribution in [2.45, 2.75) is 32.6 Å². The zero-order valence-electron chi connectivity index (χ0n) is 15.0. The van der Waals surface area contributed by atoms with Crippen molar-refractivity contribution in [2.24, 2.45) is 0 Å². The van der Waals surface area contributed by atoms with Crippen molar-refractivity contribution in [3.8, 4) is 11.4 Å². The number of amides is 1. The molecule has 2 aromatic carbocycles. The molecule has 1 unspecified atom stereocenters. The zero-order chi connectivity index (χ0) is 18.1. The molecule has 1 aromatic heterocycles. The summed E-state index contributed by atoms with van der Waals surface area (Å²) in [5, 5.41) is 4.09. The van der Waals surface area contributed by atoms with Crippen molar-refractivity contribution in [2.75, 3.05) is 11.4 Å². The topological polar surface area (TPSA) is 59.2 Å². The molecule has 3 aromatic rings. The molecule has 0 radical (unpaired) electrons. The zero-order valence-corrected chi connectivity index (χ0v) is 15.0. The van der Waals surface area contributed by atoms with Crippen LogP contribution in [0, 0.1) is 6.92 Å². The number of aromatic nitrogens is 2. The van der Waals surface area contributed by atoms with E-state index >= 15 is 0 Å². The first-order valence-corrected chi connectivity index (χ1v) is 8.94. The summed E-state index contributed by atoms with van der Waals surface area (Å²) in [7, 11) is 0. The summed E-state index contributed by atoms with van der Waals surface area (Å²) in [5.41, 5.74) is 4.29. The van der Waals surface area contributed by atoms with E-state index in [2.05, 4.69) is 29.2 Å². The van der Waals surface area contributed by atoms with Crippen LogP contribution in [-0.4, -0.2) is 22.6 Å². The van der Waals surface area contributed by atoms with Gasteiger partial charge >= 0.3 is 0 Å². The van der Waals surface area contributed by atoms with E-state index in [1.165, 1.54) is 11.1 Å². The molecule has 4 rings (SSSR count). The number of hydrogen-bond acceptors (Lipinski definition) is 4. The Kier molecular flexibility index (Phi) is 4.29. The van der Waals surface area contributed by atoms with Gasteiger partial charge in [-0.2, -0.15) is 4.98 Å². The van der Waals surface area contributed by atoms with Crippen LogP contribution in [0.4, 0.5) is 5.69 Å². The molecule has 0 aliphatic carbocycles. The summed E-state index contributed by atoms with van der Waals surface area (Å²) in [4.78, 5) is 18.8. The molecule has 0 N–H and O–H groups in total. The number of benzene rings is 2. The average Bonchev–Trinajstić information content (AvgIpc) is 3.29. The van der Waals surface area contributed by atoms with E-state index < -0.39 is 0 Å². The van der Waals surface area contributed by atoms with E-state index in [-0.39, 0.29) is 11.8 Å². The quantitative estimate of drug-likeness (QED) is 0.712. The molecule has 1 aliphatic rings. The maximum absolute atomic E-state index is 12.5. The van der Waals surface area contributed by atoms with E-state index in [0.717, 1.165) is 17.7 Å². The number of carbonyl (C=O) groups excluding carboxylic acids is 1. The lowest BCUT2D eigenvalue weighted by Crippen LogP contribution is -2.24. The second-order valence-corrected chi connectivity index (χ2v) is 6.75. The number of carbonyl (C=O) groups is 1. The summed E-state index contributed by atoms with van der Waals surface area (Å²) < 4.78 is 5.46. The molecular formula is C21H21N3O2. The highest BCUT2D eigenvalue weighted by molar-refractivity contribution is 5.96. The Morgan fingerprint density at radius 1 is 1.12 bits per heavy atom. The first-order chi connectivity index (χ1) is 12.6. The van der Waals surface area contributed by atoms with Crippen LogP contribution < -0.4 is 4.90 Å². The van der Waals surface area contributed by atoms with Gasteiger partial charge in [0.15, 0.2) is 0 Å². The highest BCUT2D eigenvalue weighted by Crippen LogP contribution is 2.32. The molecular weight excluding hydrogens is 326 g/mol. The van der Waals surface area contributed by atoms with Crippen LogP contribution in [0.25, 0.3) is 11.4 Å². The summed E-state index contributed by atoms with van der Waals surface area (Å²) in [6, 6.07) is 16.1. The predicted molar refractivity (Wildman–Crippen MR) is 100 cm³/mol. The minimum atomic E-state index is -0.0694. The van der Waals surface area contributed by atoms with Crippen LogP contribution in [0.3, 0.4) is 0 Å². The second kappa shape index (κ2) is 6.75. The molecule has 26 heavy (non-hydrogen) atoms. The molecule has 5 heteroatoms. The molecule has 132 valence electrons. The van der Waals surface area contributed by atoms with Crippen molar-refractivity contribution in [3.63, 3.8) is 0 Å². The van der Waals surface area contributed by atoms with Crippen LogP contribution in [0.15, 0.2) is 53.1 Å². The van der Waals surface area contributed by atoms with Crippen molar-refractivity contribution in [3.05, 3.63) is 65.5 Å². The van der Waals surface area contributed by atoms with Crippen LogP contribution in [0.5, 0.6) is 0 Å². The van der Waals surface area contributed by atoms with Crippen LogP contribution >= 0.6 is 0 Å². The van der Waals surface area contributed by atoms with E-state index in [1.807, 2.05) is 43.3 Å². The lowest BCUT2D eigenvalue weighted by atomic mass is 10.1. The maximum Gasteiger partial charge on any atom is 0.232 e. The Morgan fingerprint density at radius 3 is 2.54 bits per heavy atom. The fourth-order valence-corrected chi connectivity index (χ4v) is 3.26. The first kappa shape index (κ1) is 16.5. The summed E-state index contributed by atoms with van der Waals surface area (Å²) in [5.74, 6) is 1.12. The van der Waals surface area contributed by atoms with Gasteiger partial charge in [0.25, 0.3) is 0 Å². The van der Waals surface area contributed by atoms with Gasteiger partial charge in [0.2, 0.25) is 17.6 Å². The number of rotatable bonds is 4. The standard InChI is InChI=1S/C21H21N3O2/c1-3-15-6-10-18(11-7-15)24-13-17(12-19(24)25)21-22-20(23-26-21)16-8-4-14(2)5-9-16/h4-11,17H,3,12-13H2,1-2H3. The van der Waals surface area contributed by atoms with Gasteiger partial charge in [0, 0.05) is 24.2 Å². The SMILES string of the molecule is CCc1ccc(N2CC(c3nc(-c4ccc(C)cc4)no3)CC2=O)cc1. The molecule has 1 atom stereocenters. The number of nitrogens with zero attached hydrogens (tertiary/aromatic N) is 3. The Labute approximate surface area is 152 Å². The van der Waals surface area contributed by atoms with Gasteiger partial charge in [0.05, 0.1) is 5.92 Å². The largest absolute Gasteiger partial charge is 0.339 e. The number of aryl methyl sites for hydroxylation is 2. The van der Waals surface area contributed by atoms with E-state index in [0.29, 0.717) is 24.7 Å². The molecule has 0 spiro atoms. The smallest absolute Gasteiger partial charge is 0.232 e. The van der Waals surface area contributed by atoms with Crippen molar-refractivity contribution >= 4 is 11.6 Å². The number of anilines is 1. The Morgan fingerprint density at radius 2 is 1.85 bits per heavy atom. The monoisotopic (exact) mass is 347 g/mol. The third kappa shape index (κ3) is 3.12. The van der Waals surface area contributed by atoms with Crippen LogP contribution in [-0.2, 0) is 11.2 Å². The van der Waals surface area contributed by atoms with Crippen LogP contribution in [0.1, 0.15) is 36.3 Å². The molecule has 1 saturated heterocycles. The van der Waals surface area contributed by atoms with Crippen molar-refractivity contribution in [1.82, 2.24) is 10.1 Å². The Bertz CT molecular complexity index is 913. The van der Waals surface area contributed by atoms with Gasteiger partial charge in [-0.05, 0) is 31.0 Å². The van der Waals surface area contributed by atoms with E-state index in [9.17, 15) is 4.79 Å². The van der Waals surface area contributed by atoms with Crippen LogP contribution in [0.2, 0.25) is 0 Å². The van der Waals surface area contributed by atoms with Gasteiger partial charge in [-0.3, -0.25) is 4.79 Å². The maximum atomic E-state index is 12.5. The predicted octanol–water partition coefficient (Wildman–Crippen LogP) is 4.13. The van der Waals surface area contributed by atoms with Gasteiger partial charge in [-0.1, -0.05) is 54.0 Å². The lowest BCUT2D eigenvalue weighted by Gasteiger charge is -2.16. The molecule has 2 heterocycles. The van der Waals surface area contributed by atoms with Crippen molar-refractivity contribution in [1.29, 1.82) is 0 Å². The molecule has 1 fully saturated rings. The minimum Gasteiger partial charge on any atom is -0.339 e. The molecule has 1 amide bonds. The Balaban J connectivity index is 1.52. The fraction of sp³-hybridized carbons (Fsp3) is 0.286. The molecule has 0 bridgehead atoms. The molecule has 0 saturated carbocycles. The molecule has 5 nitrogen and oxygen atoms in total. The third-order valence-corrected chi connectivity index (χ3v) is 4.88. The van der Waals surface area contributed by atoms with E-state index in [1.54, 1.807) is 4.90 Å². The molecule has 1 aliphatic heterocycles. The van der Waals surface area contributed by atoms with Gasteiger partial charge in [0.1, 0.15) is 0 Å². The summed E-state index contributed by atoms with van der Waals surface area (Å²) in [6.07, 6.45) is 1.38. The minimum absolute atomic E-state index is 0.0694. The van der Waals surface area contributed by atoms with Gasteiger partial charge < -0.3 is 9.42 Å². The number of hydrogen-bond donors (Lipinski definition) is 0. The normalized spacial score (nSPS) is 17.1. The Hall–Kier alpha value is -2.95. The van der Waals surface area contributed by atoms with Gasteiger partial charge in [-0.25, -0.2) is 0 Å². The summed E-state index contributed by atoms with van der Waals surface area (Å²) >= 11 is 0.